The predicted octanol–water partition coefficient (Wildman–Crippen LogP) is 2.94. The maximum Gasteiger partial charge on any atom is 0.339 e. The summed E-state index contributed by atoms with van der Waals surface area (Å²) in [5.74, 6) is 0. The normalized spacial score (nSPS) is 10.8. The van der Waals surface area contributed by atoms with Gasteiger partial charge in [-0.1, -0.05) is 17.7 Å². The molecule has 0 fully saturated rings. The monoisotopic (exact) mass is 335 g/mol. The van der Waals surface area contributed by atoms with Crippen molar-refractivity contribution in [2.75, 3.05) is 5.32 Å². The van der Waals surface area contributed by atoms with Crippen molar-refractivity contribution < 1.29 is 4.79 Å². The molecule has 2 rings (SSSR count). The van der Waals surface area contributed by atoms with E-state index in [1.165, 1.54) is 6.21 Å². The molecule has 104 valence electrons. The molecule has 7 heteroatoms. The second kappa shape index (κ2) is 6.33. The number of aromatic nitrogens is 2. The van der Waals surface area contributed by atoms with Crippen LogP contribution >= 0.6 is 15.9 Å². The van der Waals surface area contributed by atoms with Crippen LogP contribution in [-0.4, -0.2) is 22.4 Å². The number of carbonyl (C=O) groups is 1. The third kappa shape index (κ3) is 3.67. The van der Waals surface area contributed by atoms with E-state index in [1.54, 1.807) is 6.20 Å². The van der Waals surface area contributed by atoms with Gasteiger partial charge in [-0.2, -0.15) is 10.2 Å². The van der Waals surface area contributed by atoms with Gasteiger partial charge in [0.1, 0.15) is 0 Å². The lowest BCUT2D eigenvalue weighted by molar-refractivity contribution is 0.252. The summed E-state index contributed by atoms with van der Waals surface area (Å²) >= 11 is 3.29. The zero-order valence-corrected chi connectivity index (χ0v) is 12.7. The number of urea groups is 1. The number of hydrogen-bond donors (Lipinski definition) is 3. The van der Waals surface area contributed by atoms with Gasteiger partial charge in [0.05, 0.1) is 22.6 Å². The van der Waals surface area contributed by atoms with Gasteiger partial charge in [-0.25, -0.2) is 10.2 Å². The van der Waals surface area contributed by atoms with Crippen molar-refractivity contribution in [3.05, 3.63) is 45.7 Å². The predicted molar refractivity (Wildman–Crippen MR) is 82.0 cm³/mol. The average molecular weight is 336 g/mol. The molecule has 20 heavy (non-hydrogen) atoms. The second-order valence-corrected chi connectivity index (χ2v) is 5.13. The lowest BCUT2D eigenvalue weighted by atomic mass is 10.1. The molecule has 0 spiro atoms. The average Bonchev–Trinajstić information content (AvgIpc) is 2.79. The second-order valence-electron chi connectivity index (χ2n) is 4.27. The van der Waals surface area contributed by atoms with Gasteiger partial charge < -0.3 is 5.32 Å². The summed E-state index contributed by atoms with van der Waals surface area (Å²) in [7, 11) is 0. The highest BCUT2D eigenvalue weighted by Crippen LogP contribution is 2.15. The summed E-state index contributed by atoms with van der Waals surface area (Å²) in [6, 6.07) is 5.40. The molecule has 3 N–H and O–H groups in total. The van der Waals surface area contributed by atoms with Crippen LogP contribution in [0.25, 0.3) is 0 Å². The Morgan fingerprint density at radius 2 is 2.25 bits per heavy atom. The summed E-state index contributed by atoms with van der Waals surface area (Å²) < 4.78 is 0.776. The van der Waals surface area contributed by atoms with Gasteiger partial charge in [0.2, 0.25) is 0 Å². The largest absolute Gasteiger partial charge is 0.339 e. The van der Waals surface area contributed by atoms with Crippen LogP contribution in [-0.2, 0) is 0 Å². The third-order valence-corrected chi connectivity index (χ3v) is 3.24. The maximum atomic E-state index is 11.7. The van der Waals surface area contributed by atoms with Gasteiger partial charge in [-0.05, 0) is 41.4 Å². The number of nitrogens with zero attached hydrogens (tertiary/aromatic N) is 2. The van der Waals surface area contributed by atoms with E-state index < -0.39 is 6.03 Å². The van der Waals surface area contributed by atoms with Crippen LogP contribution in [0.15, 0.2) is 34.0 Å². The van der Waals surface area contributed by atoms with E-state index in [9.17, 15) is 4.79 Å². The highest BCUT2D eigenvalue weighted by molar-refractivity contribution is 9.10. The Bertz CT molecular complexity index is 650. The summed E-state index contributed by atoms with van der Waals surface area (Å²) in [6.07, 6.45) is 3.08. The van der Waals surface area contributed by atoms with Crippen LogP contribution in [0, 0.1) is 13.8 Å². The topological polar surface area (TPSA) is 82.2 Å². The molecule has 0 atom stereocenters. The number of benzene rings is 1. The van der Waals surface area contributed by atoms with Crippen LogP contribution in [0.5, 0.6) is 0 Å². The van der Waals surface area contributed by atoms with Gasteiger partial charge >= 0.3 is 6.03 Å². The molecule has 6 nitrogen and oxygen atoms in total. The Hall–Kier alpha value is -2.15. The van der Waals surface area contributed by atoms with Gasteiger partial charge in [0.15, 0.2) is 0 Å². The zero-order valence-electron chi connectivity index (χ0n) is 11.1. The number of nitrogens with one attached hydrogen (secondary N) is 3. The van der Waals surface area contributed by atoms with Crippen LogP contribution in [0.4, 0.5) is 10.5 Å². The Morgan fingerprint density at radius 1 is 1.45 bits per heavy atom. The minimum Gasteiger partial charge on any atom is -0.306 e. The molecule has 1 heterocycles. The van der Waals surface area contributed by atoms with E-state index in [1.807, 2.05) is 32.0 Å². The van der Waals surface area contributed by atoms with Gasteiger partial charge in [-0.3, -0.25) is 5.10 Å². The first-order valence-electron chi connectivity index (χ1n) is 5.92. The Morgan fingerprint density at radius 3 is 2.90 bits per heavy atom. The quantitative estimate of drug-likeness (QED) is 0.595. The molecule has 2 aromatic rings. The highest BCUT2D eigenvalue weighted by Gasteiger charge is 2.03. The minimum atomic E-state index is -0.399. The van der Waals surface area contributed by atoms with Crippen molar-refractivity contribution in [2.45, 2.75) is 13.8 Å². The zero-order chi connectivity index (χ0) is 14.5. The number of carbonyl (C=O) groups excluding carboxylic acids is 1. The number of hydrogen-bond acceptors (Lipinski definition) is 3. The molecule has 0 aliphatic carbocycles. The Balaban J connectivity index is 1.93. The van der Waals surface area contributed by atoms with Crippen LogP contribution in [0.1, 0.15) is 16.8 Å². The molecule has 0 aliphatic rings. The van der Waals surface area contributed by atoms with Crippen LogP contribution in [0.3, 0.4) is 0 Å². The molecule has 0 saturated carbocycles. The van der Waals surface area contributed by atoms with Crippen molar-refractivity contribution in [3.8, 4) is 0 Å². The maximum absolute atomic E-state index is 11.7. The number of rotatable bonds is 3. The number of aryl methyl sites for hydroxylation is 2. The molecule has 0 saturated heterocycles. The Labute approximate surface area is 124 Å². The van der Waals surface area contributed by atoms with E-state index >= 15 is 0 Å². The summed E-state index contributed by atoms with van der Waals surface area (Å²) in [6.45, 7) is 3.94. The fourth-order valence-electron chi connectivity index (χ4n) is 1.63. The first kappa shape index (κ1) is 14.3. The summed E-state index contributed by atoms with van der Waals surface area (Å²) in [4.78, 5) is 11.7. The fourth-order valence-corrected chi connectivity index (χ4v) is 1.92. The van der Waals surface area contributed by atoms with Crippen molar-refractivity contribution in [2.24, 2.45) is 5.10 Å². The number of halogens is 1. The number of aromatic amines is 1. The van der Waals surface area contributed by atoms with Crippen molar-refractivity contribution in [1.29, 1.82) is 0 Å². The first-order valence-corrected chi connectivity index (χ1v) is 6.72. The number of hydrazone groups is 1. The molecule has 0 bridgehead atoms. The molecule has 0 aliphatic heterocycles. The summed E-state index contributed by atoms with van der Waals surface area (Å²) in [5, 5.41) is 13.1. The first-order chi connectivity index (χ1) is 9.56. The molecule has 2 amide bonds. The molecule has 0 radical (unpaired) electrons. The van der Waals surface area contributed by atoms with Gasteiger partial charge in [0, 0.05) is 5.69 Å². The fraction of sp³-hybridized carbons (Fsp3) is 0.154. The van der Waals surface area contributed by atoms with Crippen LogP contribution < -0.4 is 10.7 Å². The van der Waals surface area contributed by atoms with Gasteiger partial charge in [0.25, 0.3) is 0 Å². The molecule has 1 aromatic carbocycles. The third-order valence-electron chi connectivity index (χ3n) is 2.61. The van der Waals surface area contributed by atoms with Crippen molar-refractivity contribution >= 4 is 33.9 Å². The van der Waals surface area contributed by atoms with Gasteiger partial charge in [-0.15, -0.1) is 0 Å². The molecular formula is C13H14BrN5O. The molecular weight excluding hydrogens is 322 g/mol. The number of amides is 2. The molecule has 0 unspecified atom stereocenters. The van der Waals surface area contributed by atoms with Crippen LogP contribution in [0.2, 0.25) is 0 Å². The van der Waals surface area contributed by atoms with Crippen molar-refractivity contribution in [3.63, 3.8) is 0 Å². The number of anilines is 1. The lowest BCUT2D eigenvalue weighted by Gasteiger charge is -2.08. The van der Waals surface area contributed by atoms with Crippen molar-refractivity contribution in [1.82, 2.24) is 15.6 Å². The van der Waals surface area contributed by atoms with E-state index in [2.05, 4.69) is 42.0 Å². The molecule has 1 aromatic heterocycles. The van der Waals surface area contributed by atoms with E-state index in [4.69, 9.17) is 0 Å². The highest BCUT2D eigenvalue weighted by atomic mass is 79.9. The van der Waals surface area contributed by atoms with E-state index in [-0.39, 0.29) is 0 Å². The smallest absolute Gasteiger partial charge is 0.306 e. The standard InChI is InChI=1S/C13H14BrN5O/c1-8-3-4-11(9(2)5-8)17-13(20)19-16-7-12-10(14)6-15-18-12/h3-7H,1-2H3,(H,15,18)(H2,17,19,20). The number of H-pyrrole nitrogens is 1. The minimum absolute atomic E-state index is 0.399. The van der Waals surface area contributed by atoms with E-state index in [0.29, 0.717) is 5.69 Å². The lowest BCUT2D eigenvalue weighted by Crippen LogP contribution is -2.24. The summed E-state index contributed by atoms with van der Waals surface area (Å²) in [5.41, 5.74) is 5.97. The van der Waals surface area contributed by atoms with E-state index in [0.717, 1.165) is 21.3 Å². The SMILES string of the molecule is Cc1ccc(NC(=O)NN=Cc2[nH]ncc2Br)c(C)c1. The Kier molecular flexibility index (Phi) is 4.52.